The summed E-state index contributed by atoms with van der Waals surface area (Å²) >= 11 is 0. The number of hydrogen-bond donors (Lipinski definition) is 2. The number of benzene rings is 2. The molecule has 3 N–H and O–H groups in total. The molecule has 1 fully saturated rings. The SMILES string of the molecule is Nc1ncc(-c2ccc(C3CCN(CC(F)F)CC3)cc2)cc1-c1cc2c(cc1F)C(=O)NCC2. The van der Waals surface area contributed by atoms with Crippen LogP contribution in [0.1, 0.15) is 40.2 Å². The monoisotopic (exact) mass is 480 g/mol. The predicted octanol–water partition coefficient (Wildman–Crippen LogP) is 4.87. The number of hydrogen-bond acceptors (Lipinski definition) is 4. The van der Waals surface area contributed by atoms with Gasteiger partial charge in [-0.25, -0.2) is 18.2 Å². The van der Waals surface area contributed by atoms with E-state index >= 15 is 0 Å². The van der Waals surface area contributed by atoms with Crippen LogP contribution in [0.3, 0.4) is 0 Å². The summed E-state index contributed by atoms with van der Waals surface area (Å²) in [5.41, 5.74) is 11.0. The predicted molar refractivity (Wildman–Crippen MR) is 130 cm³/mol. The van der Waals surface area contributed by atoms with Crippen LogP contribution in [0.4, 0.5) is 19.0 Å². The zero-order chi connectivity index (χ0) is 24.5. The van der Waals surface area contributed by atoms with Crippen molar-refractivity contribution >= 4 is 11.7 Å². The van der Waals surface area contributed by atoms with E-state index in [0.29, 0.717) is 48.7 Å². The number of anilines is 1. The highest BCUT2D eigenvalue weighted by atomic mass is 19.3. The molecule has 0 saturated carbocycles. The highest BCUT2D eigenvalue weighted by Crippen LogP contribution is 2.35. The minimum atomic E-state index is -2.29. The summed E-state index contributed by atoms with van der Waals surface area (Å²) in [5, 5.41) is 2.73. The minimum Gasteiger partial charge on any atom is -0.383 e. The van der Waals surface area contributed by atoms with Crippen LogP contribution in [0, 0.1) is 5.82 Å². The molecule has 2 aliphatic heterocycles. The number of aromatic nitrogens is 1. The van der Waals surface area contributed by atoms with Gasteiger partial charge in [-0.05, 0) is 73.2 Å². The molecule has 0 spiro atoms. The molecule has 0 radical (unpaired) electrons. The zero-order valence-corrected chi connectivity index (χ0v) is 19.2. The number of fused-ring (bicyclic) bond motifs is 1. The van der Waals surface area contributed by atoms with E-state index in [9.17, 15) is 18.0 Å². The number of nitrogens with two attached hydrogens (primary N) is 1. The summed E-state index contributed by atoms with van der Waals surface area (Å²) in [4.78, 5) is 18.2. The fourth-order valence-corrected chi connectivity index (χ4v) is 5.09. The lowest BCUT2D eigenvalue weighted by molar-refractivity contribution is 0.0754. The first kappa shape index (κ1) is 23.4. The van der Waals surface area contributed by atoms with Crippen molar-refractivity contribution < 1.29 is 18.0 Å². The maximum absolute atomic E-state index is 15.0. The number of piperidine rings is 1. The fraction of sp³-hybridized carbons (Fsp3) is 0.333. The van der Waals surface area contributed by atoms with Crippen LogP contribution in [-0.2, 0) is 6.42 Å². The Bertz CT molecular complexity index is 1240. The van der Waals surface area contributed by atoms with Crippen molar-refractivity contribution in [1.29, 1.82) is 0 Å². The van der Waals surface area contributed by atoms with E-state index < -0.39 is 12.2 Å². The van der Waals surface area contributed by atoms with E-state index in [1.165, 1.54) is 11.6 Å². The molecule has 5 rings (SSSR count). The average molecular weight is 481 g/mol. The number of likely N-dealkylation sites (tertiary alicyclic amines) is 1. The first-order valence-corrected chi connectivity index (χ1v) is 11.9. The van der Waals surface area contributed by atoms with Crippen molar-refractivity contribution in [3.8, 4) is 22.3 Å². The topological polar surface area (TPSA) is 71.2 Å². The van der Waals surface area contributed by atoms with Crippen LogP contribution in [0.25, 0.3) is 22.3 Å². The van der Waals surface area contributed by atoms with Gasteiger partial charge in [0.15, 0.2) is 0 Å². The van der Waals surface area contributed by atoms with Gasteiger partial charge in [0.2, 0.25) is 0 Å². The van der Waals surface area contributed by atoms with Gasteiger partial charge in [0.1, 0.15) is 11.6 Å². The molecule has 1 aromatic heterocycles. The van der Waals surface area contributed by atoms with Crippen molar-refractivity contribution in [3.63, 3.8) is 0 Å². The van der Waals surface area contributed by atoms with E-state index in [4.69, 9.17) is 5.73 Å². The van der Waals surface area contributed by atoms with Gasteiger partial charge in [-0.2, -0.15) is 0 Å². The van der Waals surface area contributed by atoms with E-state index in [1.54, 1.807) is 12.3 Å². The van der Waals surface area contributed by atoms with Gasteiger partial charge >= 0.3 is 0 Å². The number of nitrogen functional groups attached to an aromatic ring is 1. The quantitative estimate of drug-likeness (QED) is 0.547. The fourth-order valence-electron chi connectivity index (χ4n) is 5.09. The second-order valence-electron chi connectivity index (χ2n) is 9.24. The normalized spacial score (nSPS) is 16.9. The van der Waals surface area contributed by atoms with Gasteiger partial charge in [-0.3, -0.25) is 9.69 Å². The molecule has 2 aliphatic rings. The third-order valence-corrected chi connectivity index (χ3v) is 7.03. The van der Waals surface area contributed by atoms with Gasteiger partial charge in [-0.15, -0.1) is 0 Å². The Labute approximate surface area is 202 Å². The van der Waals surface area contributed by atoms with Gasteiger partial charge < -0.3 is 11.1 Å². The third kappa shape index (κ3) is 4.89. The lowest BCUT2D eigenvalue weighted by Crippen LogP contribution is -2.36. The number of nitrogens with one attached hydrogen (secondary N) is 1. The van der Waals surface area contributed by atoms with Crippen LogP contribution in [0.15, 0.2) is 48.7 Å². The summed E-state index contributed by atoms with van der Waals surface area (Å²) in [7, 11) is 0. The summed E-state index contributed by atoms with van der Waals surface area (Å²) in [6.07, 6.45) is 1.72. The molecule has 2 aromatic carbocycles. The maximum Gasteiger partial charge on any atom is 0.251 e. The smallest absolute Gasteiger partial charge is 0.251 e. The average Bonchev–Trinajstić information content (AvgIpc) is 2.85. The molecule has 35 heavy (non-hydrogen) atoms. The summed E-state index contributed by atoms with van der Waals surface area (Å²) in [6.45, 7) is 1.71. The van der Waals surface area contributed by atoms with Crippen molar-refractivity contribution in [2.45, 2.75) is 31.6 Å². The number of carbonyl (C=O) groups excluding carboxylic acids is 1. The number of amides is 1. The molecule has 0 aliphatic carbocycles. The summed E-state index contributed by atoms with van der Waals surface area (Å²) in [6, 6.07) is 12.9. The van der Waals surface area contributed by atoms with E-state index in [2.05, 4.69) is 22.4 Å². The van der Waals surface area contributed by atoms with Gasteiger partial charge in [0.25, 0.3) is 12.3 Å². The van der Waals surface area contributed by atoms with Crippen LogP contribution in [0.5, 0.6) is 0 Å². The lowest BCUT2D eigenvalue weighted by Gasteiger charge is -2.31. The highest BCUT2D eigenvalue weighted by molar-refractivity contribution is 5.97. The van der Waals surface area contributed by atoms with Crippen LogP contribution in [0.2, 0.25) is 0 Å². The largest absolute Gasteiger partial charge is 0.383 e. The molecule has 8 heteroatoms. The van der Waals surface area contributed by atoms with Crippen molar-refractivity contribution in [1.82, 2.24) is 15.2 Å². The summed E-state index contributed by atoms with van der Waals surface area (Å²) < 4.78 is 40.3. The van der Waals surface area contributed by atoms with Gasteiger partial charge in [0, 0.05) is 35.0 Å². The number of halogens is 3. The Morgan fingerprint density at radius 1 is 1.03 bits per heavy atom. The van der Waals surface area contributed by atoms with Crippen LogP contribution < -0.4 is 11.1 Å². The molecule has 182 valence electrons. The Balaban J connectivity index is 1.37. The third-order valence-electron chi connectivity index (χ3n) is 7.03. The van der Waals surface area contributed by atoms with Crippen molar-refractivity contribution in [3.05, 3.63) is 71.2 Å². The lowest BCUT2D eigenvalue weighted by atomic mass is 9.88. The number of pyridine rings is 1. The molecule has 1 saturated heterocycles. The second kappa shape index (κ2) is 9.70. The zero-order valence-electron chi connectivity index (χ0n) is 19.2. The molecule has 0 atom stereocenters. The number of rotatable bonds is 5. The summed E-state index contributed by atoms with van der Waals surface area (Å²) in [5.74, 6) is -0.212. The maximum atomic E-state index is 15.0. The number of nitrogens with zero attached hydrogens (tertiary/aromatic N) is 2. The van der Waals surface area contributed by atoms with Crippen molar-refractivity contribution in [2.24, 2.45) is 0 Å². The Hall–Kier alpha value is -3.39. The molecule has 3 aromatic rings. The number of carbonyl (C=O) groups is 1. The Kier molecular flexibility index (Phi) is 6.47. The first-order valence-electron chi connectivity index (χ1n) is 11.9. The Morgan fingerprint density at radius 3 is 2.49 bits per heavy atom. The highest BCUT2D eigenvalue weighted by Gasteiger charge is 2.23. The van der Waals surface area contributed by atoms with E-state index in [0.717, 1.165) is 29.5 Å². The van der Waals surface area contributed by atoms with Crippen molar-refractivity contribution in [2.75, 3.05) is 31.9 Å². The standard InChI is InChI=1S/C27H27F3N4O/c28-24-13-21-19(5-8-32-27(21)35)11-22(24)23-12-20(14-33-26(23)31)17-3-1-16(2-4-17)18-6-9-34(10-7-18)15-25(29)30/h1-4,11-14,18,25H,5-10,15H2,(H2,31,33)(H,32,35). The van der Waals surface area contributed by atoms with E-state index in [-0.39, 0.29) is 18.3 Å². The molecule has 1 amide bonds. The van der Waals surface area contributed by atoms with Crippen LogP contribution in [-0.4, -0.2) is 48.4 Å². The van der Waals surface area contributed by atoms with Gasteiger partial charge in [0.05, 0.1) is 6.54 Å². The number of alkyl halides is 2. The minimum absolute atomic E-state index is 0.157. The molecule has 0 bridgehead atoms. The molecular formula is C27H27F3N4O. The Morgan fingerprint density at radius 2 is 1.77 bits per heavy atom. The molecule has 3 heterocycles. The first-order chi connectivity index (χ1) is 16.9. The van der Waals surface area contributed by atoms with Crippen LogP contribution >= 0.6 is 0 Å². The second-order valence-corrected chi connectivity index (χ2v) is 9.24. The molecular weight excluding hydrogens is 453 g/mol. The molecule has 0 unspecified atom stereocenters. The van der Waals surface area contributed by atoms with E-state index in [1.807, 2.05) is 23.1 Å². The van der Waals surface area contributed by atoms with Gasteiger partial charge in [-0.1, -0.05) is 24.3 Å². The molecule has 5 nitrogen and oxygen atoms in total.